The van der Waals surface area contributed by atoms with Crippen molar-refractivity contribution in [1.29, 1.82) is 0 Å². The highest BCUT2D eigenvalue weighted by molar-refractivity contribution is 6.29. The molecule has 26 heavy (non-hydrogen) atoms. The van der Waals surface area contributed by atoms with E-state index in [0.29, 0.717) is 5.15 Å². The third-order valence-corrected chi connectivity index (χ3v) is 5.13. The Balaban J connectivity index is 1.64. The van der Waals surface area contributed by atoms with Crippen molar-refractivity contribution in [3.63, 3.8) is 0 Å². The quantitative estimate of drug-likeness (QED) is 0.298. The van der Waals surface area contributed by atoms with Crippen molar-refractivity contribution in [3.05, 3.63) is 29.0 Å². The topological polar surface area (TPSA) is 52.6 Å². The molecule has 0 radical (unpaired) electrons. The minimum absolute atomic E-state index is 0.538. The maximum atomic E-state index is 5.82. The van der Waals surface area contributed by atoms with Crippen LogP contribution in [-0.2, 0) is 6.42 Å². The molecule has 0 bridgehead atoms. The third-order valence-electron chi connectivity index (χ3n) is 4.90. The lowest BCUT2D eigenvalue weighted by Gasteiger charge is -2.33. The summed E-state index contributed by atoms with van der Waals surface area (Å²) in [7, 11) is 0. The van der Waals surface area contributed by atoms with E-state index in [-0.39, 0.29) is 0 Å². The number of piperidine rings is 1. The molecular weight excluding hydrogens is 346 g/mol. The molecule has 1 saturated heterocycles. The summed E-state index contributed by atoms with van der Waals surface area (Å²) < 4.78 is 0. The van der Waals surface area contributed by atoms with Crippen LogP contribution in [0.3, 0.4) is 0 Å². The first-order chi connectivity index (χ1) is 12.7. The second kappa shape index (κ2) is 12.1. The van der Waals surface area contributed by atoms with E-state index in [1.165, 1.54) is 44.3 Å². The van der Waals surface area contributed by atoms with Crippen LogP contribution < -0.4 is 10.6 Å². The first-order valence-corrected chi connectivity index (χ1v) is 10.4. The van der Waals surface area contributed by atoms with Crippen molar-refractivity contribution in [2.24, 2.45) is 4.99 Å². The monoisotopic (exact) mass is 379 g/mol. The first kappa shape index (κ1) is 21.0. The number of hydrogen-bond acceptors (Lipinski definition) is 3. The van der Waals surface area contributed by atoms with Gasteiger partial charge >= 0.3 is 0 Å². The fraction of sp³-hybridized carbons (Fsp3) is 0.700. The number of halogens is 1. The Kier molecular flexibility index (Phi) is 9.78. The van der Waals surface area contributed by atoms with Gasteiger partial charge in [-0.1, -0.05) is 24.1 Å². The molecule has 1 aliphatic heterocycles. The maximum absolute atomic E-state index is 5.82. The lowest BCUT2D eigenvalue weighted by molar-refractivity contribution is 0.158. The van der Waals surface area contributed by atoms with Crippen molar-refractivity contribution >= 4 is 17.6 Å². The molecule has 6 heteroatoms. The number of nitrogens with zero attached hydrogens (tertiary/aromatic N) is 3. The maximum Gasteiger partial charge on any atom is 0.191 e. The summed E-state index contributed by atoms with van der Waals surface area (Å²) in [6.07, 6.45) is 9.21. The normalized spacial score (nSPS) is 18.7. The van der Waals surface area contributed by atoms with E-state index in [1.807, 2.05) is 18.3 Å². The van der Waals surface area contributed by atoms with Gasteiger partial charge in [0.05, 0.1) is 0 Å². The summed E-state index contributed by atoms with van der Waals surface area (Å²) in [4.78, 5) is 11.5. The number of nitrogens with one attached hydrogen (secondary N) is 2. The molecule has 0 aliphatic carbocycles. The predicted molar refractivity (Wildman–Crippen MR) is 111 cm³/mol. The van der Waals surface area contributed by atoms with Gasteiger partial charge < -0.3 is 15.5 Å². The average Bonchev–Trinajstić information content (AvgIpc) is 2.64. The largest absolute Gasteiger partial charge is 0.357 e. The van der Waals surface area contributed by atoms with E-state index in [1.54, 1.807) is 0 Å². The highest BCUT2D eigenvalue weighted by atomic mass is 35.5. The Morgan fingerprint density at radius 1 is 1.31 bits per heavy atom. The number of rotatable bonds is 9. The van der Waals surface area contributed by atoms with Gasteiger partial charge in [-0.2, -0.15) is 0 Å². The Hall–Kier alpha value is -1.33. The molecule has 146 valence electrons. The van der Waals surface area contributed by atoms with Crippen LogP contribution in [-0.4, -0.2) is 54.6 Å². The molecule has 5 nitrogen and oxygen atoms in total. The first-order valence-electron chi connectivity index (χ1n) is 10.1. The lowest BCUT2D eigenvalue weighted by atomic mass is 10.0. The predicted octanol–water partition coefficient (Wildman–Crippen LogP) is 3.49. The Labute approximate surface area is 163 Å². The molecule has 2 N–H and O–H groups in total. The summed E-state index contributed by atoms with van der Waals surface area (Å²) in [6.45, 7) is 9.53. The minimum Gasteiger partial charge on any atom is -0.357 e. The van der Waals surface area contributed by atoms with Gasteiger partial charge in [0, 0.05) is 31.9 Å². The van der Waals surface area contributed by atoms with Crippen LogP contribution in [0.4, 0.5) is 0 Å². The zero-order chi connectivity index (χ0) is 18.6. The molecule has 2 rings (SSSR count). The van der Waals surface area contributed by atoms with Crippen molar-refractivity contribution in [1.82, 2.24) is 20.5 Å². The molecular formula is C20H34ClN5. The molecule has 0 aromatic carbocycles. The number of aliphatic imine (C=N–C) groups is 1. The summed E-state index contributed by atoms with van der Waals surface area (Å²) in [6, 6.07) is 4.61. The van der Waals surface area contributed by atoms with E-state index in [4.69, 9.17) is 16.6 Å². The zero-order valence-electron chi connectivity index (χ0n) is 16.3. The molecule has 1 atom stereocenters. The second-order valence-electron chi connectivity index (χ2n) is 7.01. The third kappa shape index (κ3) is 7.92. The number of unbranched alkanes of at least 4 members (excludes halogenated alkanes) is 1. The number of guanidine groups is 1. The molecule has 1 unspecified atom stereocenters. The van der Waals surface area contributed by atoms with Gasteiger partial charge in [0.1, 0.15) is 5.15 Å². The average molecular weight is 380 g/mol. The van der Waals surface area contributed by atoms with E-state index >= 15 is 0 Å². The zero-order valence-corrected chi connectivity index (χ0v) is 17.1. The number of likely N-dealkylation sites (tertiary alicyclic amines) is 1. The molecule has 0 amide bonds. The van der Waals surface area contributed by atoms with Gasteiger partial charge in [0.25, 0.3) is 0 Å². The smallest absolute Gasteiger partial charge is 0.191 e. The van der Waals surface area contributed by atoms with E-state index in [9.17, 15) is 0 Å². The van der Waals surface area contributed by atoms with Gasteiger partial charge in [-0.3, -0.25) is 4.99 Å². The standard InChI is InChI=1S/C20H34ClN5/c1-3-22-20(24-13-11-18-9-10-19(21)25-16-18)23-12-5-7-15-26-14-6-4-8-17(26)2/h9-10,16-17H,3-8,11-15H2,1-2H3,(H2,22,23,24). The summed E-state index contributed by atoms with van der Waals surface area (Å²) in [5, 5.41) is 7.25. The van der Waals surface area contributed by atoms with Crippen molar-refractivity contribution in [2.75, 3.05) is 32.7 Å². The van der Waals surface area contributed by atoms with E-state index in [2.05, 4.69) is 34.4 Å². The molecule has 0 saturated carbocycles. The molecule has 1 aromatic heterocycles. The number of aromatic nitrogens is 1. The van der Waals surface area contributed by atoms with Crippen LogP contribution in [0, 0.1) is 0 Å². The fourth-order valence-corrected chi connectivity index (χ4v) is 3.44. The van der Waals surface area contributed by atoms with Gasteiger partial charge in [-0.15, -0.1) is 0 Å². The summed E-state index contributed by atoms with van der Waals surface area (Å²) >= 11 is 5.82. The molecule has 1 fully saturated rings. The van der Waals surface area contributed by atoms with Crippen LogP contribution >= 0.6 is 11.6 Å². The van der Waals surface area contributed by atoms with E-state index < -0.39 is 0 Å². The Morgan fingerprint density at radius 3 is 2.92 bits per heavy atom. The number of pyridine rings is 1. The van der Waals surface area contributed by atoms with Crippen LogP contribution in [0.1, 0.15) is 51.5 Å². The van der Waals surface area contributed by atoms with Crippen LogP contribution in [0.15, 0.2) is 23.3 Å². The van der Waals surface area contributed by atoms with Crippen molar-refractivity contribution in [2.45, 2.75) is 58.4 Å². The second-order valence-corrected chi connectivity index (χ2v) is 7.40. The summed E-state index contributed by atoms with van der Waals surface area (Å²) in [5.41, 5.74) is 1.17. The number of hydrogen-bond donors (Lipinski definition) is 2. The Morgan fingerprint density at radius 2 is 2.19 bits per heavy atom. The van der Waals surface area contributed by atoms with Crippen molar-refractivity contribution in [3.8, 4) is 0 Å². The molecule has 0 spiro atoms. The van der Waals surface area contributed by atoms with Crippen LogP contribution in [0.5, 0.6) is 0 Å². The highest BCUT2D eigenvalue weighted by Crippen LogP contribution is 2.16. The molecule has 1 aromatic rings. The van der Waals surface area contributed by atoms with Gasteiger partial charge in [-0.05, 0) is 70.7 Å². The fourth-order valence-electron chi connectivity index (χ4n) is 3.33. The van der Waals surface area contributed by atoms with Crippen molar-refractivity contribution < 1.29 is 0 Å². The Bertz CT molecular complexity index is 532. The summed E-state index contributed by atoms with van der Waals surface area (Å²) in [5.74, 6) is 0.903. The molecule has 1 aliphatic rings. The van der Waals surface area contributed by atoms with Gasteiger partial charge in [-0.25, -0.2) is 4.98 Å². The lowest BCUT2D eigenvalue weighted by Crippen LogP contribution is -2.38. The van der Waals surface area contributed by atoms with Crippen LogP contribution in [0.25, 0.3) is 0 Å². The van der Waals surface area contributed by atoms with Crippen LogP contribution in [0.2, 0.25) is 5.15 Å². The van der Waals surface area contributed by atoms with E-state index in [0.717, 1.165) is 44.5 Å². The molecule has 2 heterocycles. The van der Waals surface area contributed by atoms with Gasteiger partial charge in [0.2, 0.25) is 0 Å². The SMILES string of the molecule is CCNC(=NCCCCN1CCCCC1C)NCCc1ccc(Cl)nc1. The highest BCUT2D eigenvalue weighted by Gasteiger charge is 2.16. The minimum atomic E-state index is 0.538. The van der Waals surface area contributed by atoms with Gasteiger partial charge in [0.15, 0.2) is 5.96 Å².